The van der Waals surface area contributed by atoms with Crippen LogP contribution < -0.4 is 10.9 Å². The van der Waals surface area contributed by atoms with Gasteiger partial charge in [-0.2, -0.15) is 0 Å². The third-order valence-corrected chi connectivity index (χ3v) is 3.70. The van der Waals surface area contributed by atoms with Crippen LogP contribution in [-0.2, 0) is 0 Å². The van der Waals surface area contributed by atoms with Gasteiger partial charge in [0, 0.05) is 16.3 Å². The van der Waals surface area contributed by atoms with E-state index >= 15 is 0 Å². The predicted octanol–water partition coefficient (Wildman–Crippen LogP) is 3.85. The molecule has 0 aliphatic carbocycles. The van der Waals surface area contributed by atoms with E-state index in [0.717, 1.165) is 11.3 Å². The van der Waals surface area contributed by atoms with Gasteiger partial charge in [0.15, 0.2) is 5.69 Å². The first-order valence-electron chi connectivity index (χ1n) is 7.10. The zero-order valence-electron chi connectivity index (χ0n) is 12.7. The molecular formula is C17H15ClN4O. The van der Waals surface area contributed by atoms with Gasteiger partial charge in [0.1, 0.15) is 0 Å². The SMILES string of the molecule is Cc1ccc(Nc2nnc(-c3ccc(Cl)cc3)c(=O)[nH]2)c(C)c1. The van der Waals surface area contributed by atoms with E-state index in [1.165, 1.54) is 5.56 Å². The molecule has 0 spiro atoms. The lowest BCUT2D eigenvalue weighted by Gasteiger charge is -2.09. The summed E-state index contributed by atoms with van der Waals surface area (Å²) in [6.07, 6.45) is 0. The highest BCUT2D eigenvalue weighted by Gasteiger charge is 2.08. The van der Waals surface area contributed by atoms with Crippen LogP contribution in [0.3, 0.4) is 0 Å². The number of benzene rings is 2. The van der Waals surface area contributed by atoms with Crippen molar-refractivity contribution in [2.75, 3.05) is 5.32 Å². The Balaban J connectivity index is 1.90. The molecule has 2 N–H and O–H groups in total. The van der Waals surface area contributed by atoms with Crippen LogP contribution in [0.15, 0.2) is 47.3 Å². The number of rotatable bonds is 3. The number of halogens is 1. The molecule has 0 aliphatic rings. The van der Waals surface area contributed by atoms with Crippen molar-refractivity contribution in [2.45, 2.75) is 13.8 Å². The Kier molecular flexibility index (Phi) is 4.12. The van der Waals surface area contributed by atoms with E-state index in [4.69, 9.17) is 11.6 Å². The molecule has 0 amide bonds. The summed E-state index contributed by atoms with van der Waals surface area (Å²) in [6, 6.07) is 12.9. The van der Waals surface area contributed by atoms with Gasteiger partial charge in [-0.15, -0.1) is 10.2 Å². The molecule has 5 nitrogen and oxygen atoms in total. The molecule has 0 saturated heterocycles. The second kappa shape index (κ2) is 6.22. The number of H-pyrrole nitrogens is 1. The minimum atomic E-state index is -0.311. The van der Waals surface area contributed by atoms with E-state index < -0.39 is 0 Å². The molecule has 0 atom stereocenters. The largest absolute Gasteiger partial charge is 0.324 e. The Morgan fingerprint density at radius 1 is 1.04 bits per heavy atom. The molecular weight excluding hydrogens is 312 g/mol. The molecule has 0 fully saturated rings. The van der Waals surface area contributed by atoms with Crippen molar-refractivity contribution in [1.82, 2.24) is 15.2 Å². The van der Waals surface area contributed by atoms with Gasteiger partial charge in [0.2, 0.25) is 5.95 Å². The first kappa shape index (κ1) is 15.2. The lowest BCUT2D eigenvalue weighted by molar-refractivity contribution is 0.961. The monoisotopic (exact) mass is 326 g/mol. The van der Waals surface area contributed by atoms with Crippen LogP contribution >= 0.6 is 11.6 Å². The minimum absolute atomic E-state index is 0.257. The normalized spacial score (nSPS) is 10.6. The van der Waals surface area contributed by atoms with Gasteiger partial charge in [-0.05, 0) is 37.6 Å². The van der Waals surface area contributed by atoms with E-state index in [1.54, 1.807) is 24.3 Å². The van der Waals surface area contributed by atoms with Crippen LogP contribution in [0.1, 0.15) is 11.1 Å². The zero-order valence-corrected chi connectivity index (χ0v) is 13.5. The number of hydrogen-bond acceptors (Lipinski definition) is 4. The highest BCUT2D eigenvalue weighted by Crippen LogP contribution is 2.20. The molecule has 0 bridgehead atoms. The van der Waals surface area contributed by atoms with Crippen molar-refractivity contribution >= 4 is 23.2 Å². The number of aromatic nitrogens is 3. The van der Waals surface area contributed by atoms with Gasteiger partial charge < -0.3 is 5.32 Å². The fraction of sp³-hybridized carbons (Fsp3) is 0.118. The first-order valence-corrected chi connectivity index (χ1v) is 7.48. The highest BCUT2D eigenvalue weighted by molar-refractivity contribution is 6.30. The molecule has 1 aromatic heterocycles. The number of nitrogens with zero attached hydrogens (tertiary/aromatic N) is 2. The fourth-order valence-electron chi connectivity index (χ4n) is 2.27. The molecule has 2 aromatic carbocycles. The van der Waals surface area contributed by atoms with E-state index in [-0.39, 0.29) is 11.3 Å². The molecule has 3 rings (SSSR count). The summed E-state index contributed by atoms with van der Waals surface area (Å²) in [5, 5.41) is 11.8. The van der Waals surface area contributed by atoms with Gasteiger partial charge in [-0.1, -0.05) is 41.4 Å². The fourth-order valence-corrected chi connectivity index (χ4v) is 2.40. The van der Waals surface area contributed by atoms with E-state index in [9.17, 15) is 4.79 Å². The van der Waals surface area contributed by atoms with Gasteiger partial charge >= 0.3 is 0 Å². The van der Waals surface area contributed by atoms with E-state index in [2.05, 4.69) is 26.6 Å². The van der Waals surface area contributed by atoms with Crippen molar-refractivity contribution < 1.29 is 0 Å². The number of aryl methyl sites for hydroxylation is 2. The molecule has 23 heavy (non-hydrogen) atoms. The smallest absolute Gasteiger partial charge is 0.279 e. The third kappa shape index (κ3) is 3.40. The summed E-state index contributed by atoms with van der Waals surface area (Å²) in [5.41, 5.74) is 3.73. The quantitative estimate of drug-likeness (QED) is 0.767. The van der Waals surface area contributed by atoms with Crippen LogP contribution in [0.25, 0.3) is 11.3 Å². The van der Waals surface area contributed by atoms with Gasteiger partial charge in [-0.25, -0.2) is 0 Å². The maximum atomic E-state index is 12.2. The Hall–Kier alpha value is -2.66. The number of aromatic amines is 1. The molecule has 6 heteroatoms. The van der Waals surface area contributed by atoms with Crippen molar-refractivity contribution in [3.05, 3.63) is 69.0 Å². The summed E-state index contributed by atoms with van der Waals surface area (Å²) >= 11 is 5.85. The van der Waals surface area contributed by atoms with Crippen LogP contribution in [0.5, 0.6) is 0 Å². The van der Waals surface area contributed by atoms with Gasteiger partial charge in [0.05, 0.1) is 0 Å². The summed E-state index contributed by atoms with van der Waals surface area (Å²) in [7, 11) is 0. The van der Waals surface area contributed by atoms with Crippen LogP contribution in [-0.4, -0.2) is 15.2 Å². The van der Waals surface area contributed by atoms with Crippen molar-refractivity contribution in [3.63, 3.8) is 0 Å². The second-order valence-electron chi connectivity index (χ2n) is 5.30. The molecule has 0 aliphatic heterocycles. The summed E-state index contributed by atoms with van der Waals surface area (Å²) in [4.78, 5) is 14.9. The lowest BCUT2D eigenvalue weighted by atomic mass is 10.1. The standard InChI is InChI=1S/C17H15ClN4O/c1-10-3-8-14(11(2)9-10)19-17-20-16(23)15(21-22-17)12-4-6-13(18)7-5-12/h3-9H,1-2H3,(H2,19,20,22,23). The minimum Gasteiger partial charge on any atom is -0.324 e. The number of nitrogens with one attached hydrogen (secondary N) is 2. The average Bonchev–Trinajstić information content (AvgIpc) is 2.51. The molecule has 0 radical (unpaired) electrons. The van der Waals surface area contributed by atoms with Crippen molar-refractivity contribution in [2.24, 2.45) is 0 Å². The Bertz CT molecular complexity index is 903. The Labute approximate surface area is 138 Å². The molecule has 1 heterocycles. The van der Waals surface area contributed by atoms with Gasteiger partial charge in [-0.3, -0.25) is 9.78 Å². The van der Waals surface area contributed by atoms with E-state index in [0.29, 0.717) is 16.5 Å². The highest BCUT2D eigenvalue weighted by atomic mass is 35.5. The second-order valence-corrected chi connectivity index (χ2v) is 5.74. The Morgan fingerprint density at radius 2 is 1.78 bits per heavy atom. The molecule has 116 valence electrons. The maximum absolute atomic E-state index is 12.2. The van der Waals surface area contributed by atoms with Crippen molar-refractivity contribution in [1.29, 1.82) is 0 Å². The zero-order chi connectivity index (χ0) is 16.4. The average molecular weight is 327 g/mol. The summed E-state index contributed by atoms with van der Waals surface area (Å²) in [6.45, 7) is 4.02. The maximum Gasteiger partial charge on any atom is 0.279 e. The number of hydrogen-bond donors (Lipinski definition) is 2. The Morgan fingerprint density at radius 3 is 2.43 bits per heavy atom. The molecule has 0 saturated carbocycles. The van der Waals surface area contributed by atoms with Gasteiger partial charge in [0.25, 0.3) is 5.56 Å². The summed E-state index contributed by atoms with van der Waals surface area (Å²) in [5.74, 6) is 0.305. The van der Waals surface area contributed by atoms with Crippen LogP contribution in [0.4, 0.5) is 11.6 Å². The third-order valence-electron chi connectivity index (χ3n) is 3.45. The van der Waals surface area contributed by atoms with Crippen molar-refractivity contribution in [3.8, 4) is 11.3 Å². The van der Waals surface area contributed by atoms with Crippen LogP contribution in [0, 0.1) is 13.8 Å². The topological polar surface area (TPSA) is 70.7 Å². The van der Waals surface area contributed by atoms with Crippen LogP contribution in [0.2, 0.25) is 5.02 Å². The molecule has 0 unspecified atom stereocenters. The summed E-state index contributed by atoms with van der Waals surface area (Å²) < 4.78 is 0. The predicted molar refractivity (Wildman–Crippen MR) is 92.3 cm³/mol. The van der Waals surface area contributed by atoms with E-state index in [1.807, 2.05) is 26.0 Å². The molecule has 3 aromatic rings. The number of anilines is 2. The first-order chi connectivity index (χ1) is 11.0. The lowest BCUT2D eigenvalue weighted by Crippen LogP contribution is -2.15.